The molecular weight excluding hydrogens is 285 g/mol. The highest BCUT2D eigenvalue weighted by Crippen LogP contribution is 2.28. The molecule has 1 aromatic heterocycles. The van der Waals surface area contributed by atoms with Gasteiger partial charge in [0.2, 0.25) is 5.91 Å². The van der Waals surface area contributed by atoms with Crippen molar-refractivity contribution in [3.05, 3.63) is 42.2 Å². The highest BCUT2D eigenvalue weighted by atomic mass is 19.4. The van der Waals surface area contributed by atoms with E-state index in [-0.39, 0.29) is 18.6 Å². The van der Waals surface area contributed by atoms with Crippen molar-refractivity contribution in [2.45, 2.75) is 25.3 Å². The maximum atomic E-state index is 12.4. The topological polar surface area (TPSA) is 42.4 Å². The van der Waals surface area contributed by atoms with Crippen LogP contribution in [0, 0.1) is 0 Å². The molecule has 0 spiro atoms. The third kappa shape index (κ3) is 4.04. The van der Waals surface area contributed by atoms with Gasteiger partial charge in [-0.05, 0) is 24.6 Å². The monoisotopic (exact) mass is 300 g/mol. The fourth-order valence-electron chi connectivity index (χ4n) is 2.07. The Kier molecular flexibility index (Phi) is 4.62. The van der Waals surface area contributed by atoms with E-state index in [0.717, 1.165) is 12.3 Å². The van der Waals surface area contributed by atoms with E-state index in [1.165, 1.54) is 12.1 Å². The second-order valence-electron chi connectivity index (χ2n) is 4.75. The number of nitrogens with zero attached hydrogens (tertiary/aromatic N) is 2. The van der Waals surface area contributed by atoms with Gasteiger partial charge in [-0.3, -0.25) is 9.78 Å². The van der Waals surface area contributed by atoms with E-state index in [1.54, 1.807) is 4.90 Å². The molecule has 114 valence electrons. The summed E-state index contributed by atoms with van der Waals surface area (Å²) in [5, 5.41) is 0. The Morgan fingerprint density at radius 2 is 2.29 bits per heavy atom. The molecule has 1 aliphatic rings. The average Bonchev–Trinajstić information content (AvgIpc) is 2.92. The normalized spacial score (nSPS) is 18.8. The first-order chi connectivity index (χ1) is 9.90. The van der Waals surface area contributed by atoms with Crippen LogP contribution in [0.2, 0.25) is 0 Å². The Morgan fingerprint density at radius 1 is 1.52 bits per heavy atom. The molecule has 1 amide bonds. The third-order valence-electron chi connectivity index (χ3n) is 3.25. The van der Waals surface area contributed by atoms with Crippen molar-refractivity contribution in [2.24, 2.45) is 0 Å². The van der Waals surface area contributed by atoms with Crippen LogP contribution in [0.25, 0.3) is 0 Å². The molecule has 7 heteroatoms. The van der Waals surface area contributed by atoms with E-state index in [0.29, 0.717) is 25.2 Å². The number of carbonyl (C=O) groups excluding carboxylic acids is 1. The van der Waals surface area contributed by atoms with Gasteiger partial charge >= 0.3 is 6.18 Å². The van der Waals surface area contributed by atoms with Crippen LogP contribution in [-0.2, 0) is 22.3 Å². The van der Waals surface area contributed by atoms with Crippen molar-refractivity contribution in [2.75, 3.05) is 13.1 Å². The number of aromatic nitrogens is 1. The number of hydrogen-bond acceptors (Lipinski definition) is 3. The summed E-state index contributed by atoms with van der Waals surface area (Å²) in [5.74, 6) is -0.145. The summed E-state index contributed by atoms with van der Waals surface area (Å²) >= 11 is 0. The Bertz CT molecular complexity index is 514. The van der Waals surface area contributed by atoms with Crippen LogP contribution in [-0.4, -0.2) is 35.0 Å². The lowest BCUT2D eigenvalue weighted by molar-refractivity contribution is -0.137. The molecule has 0 radical (unpaired) electrons. The highest BCUT2D eigenvalue weighted by Gasteiger charge is 2.30. The number of hydrogen-bond donors (Lipinski definition) is 0. The van der Waals surface area contributed by atoms with Crippen molar-refractivity contribution in [3.63, 3.8) is 0 Å². The van der Waals surface area contributed by atoms with E-state index >= 15 is 0 Å². The van der Waals surface area contributed by atoms with Crippen LogP contribution in [0.15, 0.2) is 31.0 Å². The molecule has 1 unspecified atom stereocenters. The van der Waals surface area contributed by atoms with Crippen LogP contribution in [0.3, 0.4) is 0 Å². The number of likely N-dealkylation sites (tertiary alicyclic amines) is 1. The summed E-state index contributed by atoms with van der Waals surface area (Å²) in [6, 6.07) is 2.28. The summed E-state index contributed by atoms with van der Waals surface area (Å²) in [6.07, 6.45) is -1.78. The zero-order valence-corrected chi connectivity index (χ0v) is 11.3. The van der Waals surface area contributed by atoms with Gasteiger partial charge in [0.1, 0.15) is 0 Å². The van der Waals surface area contributed by atoms with Gasteiger partial charge in [-0.2, -0.15) is 13.2 Å². The second kappa shape index (κ2) is 6.26. The maximum absolute atomic E-state index is 12.4. The highest BCUT2D eigenvalue weighted by molar-refractivity contribution is 5.87. The molecule has 0 N–H and O–H groups in total. The lowest BCUT2D eigenvalue weighted by atomic mass is 10.2. The first-order valence-corrected chi connectivity index (χ1v) is 6.45. The quantitative estimate of drug-likeness (QED) is 0.802. The molecule has 0 aliphatic carbocycles. The number of ether oxygens (including phenoxy) is 1. The Morgan fingerprint density at radius 3 is 2.86 bits per heavy atom. The lowest BCUT2D eigenvalue weighted by Crippen LogP contribution is -2.28. The van der Waals surface area contributed by atoms with Crippen molar-refractivity contribution in [1.82, 2.24) is 9.88 Å². The van der Waals surface area contributed by atoms with Crippen LogP contribution >= 0.6 is 0 Å². The largest absolute Gasteiger partial charge is 0.417 e. The molecule has 1 aromatic rings. The molecule has 1 saturated heterocycles. The summed E-state index contributed by atoms with van der Waals surface area (Å²) in [7, 11) is 0. The van der Waals surface area contributed by atoms with E-state index in [4.69, 9.17) is 4.74 Å². The van der Waals surface area contributed by atoms with Gasteiger partial charge in [0.25, 0.3) is 0 Å². The van der Waals surface area contributed by atoms with Crippen LogP contribution < -0.4 is 0 Å². The van der Waals surface area contributed by atoms with E-state index in [2.05, 4.69) is 11.6 Å². The molecule has 0 aromatic carbocycles. The zero-order chi connectivity index (χ0) is 15.5. The molecule has 0 bridgehead atoms. The molecule has 0 saturated carbocycles. The minimum atomic E-state index is -4.39. The predicted molar refractivity (Wildman–Crippen MR) is 69.2 cm³/mol. The van der Waals surface area contributed by atoms with Crippen molar-refractivity contribution >= 4 is 5.91 Å². The summed E-state index contributed by atoms with van der Waals surface area (Å²) in [4.78, 5) is 16.8. The van der Waals surface area contributed by atoms with Gasteiger partial charge in [-0.25, -0.2) is 0 Å². The van der Waals surface area contributed by atoms with Gasteiger partial charge in [0, 0.05) is 19.3 Å². The summed E-state index contributed by atoms with van der Waals surface area (Å²) in [5.41, 5.74) is -0.355. The predicted octanol–water partition coefficient (Wildman–Crippen LogP) is 2.40. The van der Waals surface area contributed by atoms with E-state index in [1.807, 2.05) is 0 Å². The van der Waals surface area contributed by atoms with Gasteiger partial charge < -0.3 is 9.64 Å². The van der Waals surface area contributed by atoms with E-state index < -0.39 is 11.7 Å². The van der Waals surface area contributed by atoms with Crippen LogP contribution in [0.4, 0.5) is 13.2 Å². The second-order valence-corrected chi connectivity index (χ2v) is 4.75. The molecule has 4 nitrogen and oxygen atoms in total. The van der Waals surface area contributed by atoms with E-state index in [9.17, 15) is 18.0 Å². The van der Waals surface area contributed by atoms with Gasteiger partial charge in [-0.1, -0.05) is 6.58 Å². The van der Waals surface area contributed by atoms with Crippen molar-refractivity contribution in [1.29, 1.82) is 0 Å². The number of pyridine rings is 1. The van der Waals surface area contributed by atoms with Gasteiger partial charge in [0.05, 0.1) is 24.0 Å². The van der Waals surface area contributed by atoms with Gasteiger partial charge in [-0.15, -0.1) is 0 Å². The number of carbonyl (C=O) groups is 1. The fourth-order valence-corrected chi connectivity index (χ4v) is 2.07. The summed E-state index contributed by atoms with van der Waals surface area (Å²) in [6.45, 7) is 4.60. The Balaban J connectivity index is 1.84. The average molecular weight is 300 g/mol. The molecule has 2 rings (SSSR count). The molecule has 1 aliphatic heterocycles. The first kappa shape index (κ1) is 15.5. The Hall–Kier alpha value is -1.89. The minimum Gasteiger partial charge on any atom is -0.370 e. The standard InChI is InChI=1S/C14H15F3N2O2/c1-2-13(20)19-6-5-12(8-19)21-9-11-4-3-10(7-18-11)14(15,16)17/h2-4,7,12H,1,5-6,8-9H2. The lowest BCUT2D eigenvalue weighted by Gasteiger charge is -2.14. The smallest absolute Gasteiger partial charge is 0.370 e. The number of halogens is 3. The maximum Gasteiger partial charge on any atom is 0.417 e. The third-order valence-corrected chi connectivity index (χ3v) is 3.25. The number of rotatable bonds is 4. The fraction of sp³-hybridized carbons (Fsp3) is 0.429. The molecular formula is C14H15F3N2O2. The van der Waals surface area contributed by atoms with Crippen molar-refractivity contribution in [3.8, 4) is 0 Å². The van der Waals surface area contributed by atoms with Crippen LogP contribution in [0.5, 0.6) is 0 Å². The minimum absolute atomic E-state index is 0.124. The molecule has 1 atom stereocenters. The number of alkyl halides is 3. The first-order valence-electron chi connectivity index (χ1n) is 6.45. The van der Waals surface area contributed by atoms with Crippen LogP contribution in [0.1, 0.15) is 17.7 Å². The summed E-state index contributed by atoms with van der Waals surface area (Å²) < 4.78 is 42.7. The molecule has 21 heavy (non-hydrogen) atoms. The van der Waals surface area contributed by atoms with Crippen molar-refractivity contribution < 1.29 is 22.7 Å². The zero-order valence-electron chi connectivity index (χ0n) is 11.3. The molecule has 2 heterocycles. The SMILES string of the molecule is C=CC(=O)N1CCC(OCc2ccc(C(F)(F)F)cn2)C1. The molecule has 1 fully saturated rings. The van der Waals surface area contributed by atoms with Gasteiger partial charge in [0.15, 0.2) is 0 Å². The Labute approximate surface area is 120 Å². The number of amides is 1.